The molecule has 2 aromatic rings. The van der Waals surface area contributed by atoms with Crippen molar-refractivity contribution in [2.45, 2.75) is 0 Å². The van der Waals surface area contributed by atoms with Crippen molar-refractivity contribution in [2.24, 2.45) is 0 Å². The van der Waals surface area contributed by atoms with E-state index in [4.69, 9.17) is 33.2 Å². The first kappa shape index (κ1) is 13.2. The molecule has 0 radical (unpaired) electrons. The number of ether oxygens (including phenoxy) is 1. The van der Waals surface area contributed by atoms with E-state index in [1.165, 1.54) is 0 Å². The van der Waals surface area contributed by atoms with Crippen LogP contribution < -0.4 is 4.74 Å². The molecule has 2 rings (SSSR count). The van der Waals surface area contributed by atoms with E-state index in [1.807, 2.05) is 6.07 Å². The smallest absolute Gasteiger partial charge is 0.147 e. The average Bonchev–Trinajstić information content (AvgIpc) is 2.37. The lowest BCUT2D eigenvalue weighted by Gasteiger charge is -2.08. The summed E-state index contributed by atoms with van der Waals surface area (Å²) < 4.78 is 6.31. The fourth-order valence-corrected chi connectivity index (χ4v) is 2.14. The summed E-state index contributed by atoms with van der Waals surface area (Å²) in [6, 6.07) is 12.1. The lowest BCUT2D eigenvalue weighted by atomic mass is 10.2. The predicted octanol–water partition coefficient (Wildman–Crippen LogP) is 5.42. The molecule has 0 N–H and O–H groups in total. The highest BCUT2D eigenvalue weighted by molar-refractivity contribution is 9.10. The van der Waals surface area contributed by atoms with Crippen LogP contribution in [0.3, 0.4) is 0 Å². The minimum atomic E-state index is 0.454. The maximum atomic E-state index is 8.69. The molecule has 2 nitrogen and oxygen atoms in total. The van der Waals surface area contributed by atoms with Gasteiger partial charge in [-0.05, 0) is 46.3 Å². The molecule has 18 heavy (non-hydrogen) atoms. The Morgan fingerprint density at radius 1 is 1.06 bits per heavy atom. The van der Waals surface area contributed by atoms with Gasteiger partial charge in [-0.15, -0.1) is 0 Å². The molecule has 0 atom stereocenters. The van der Waals surface area contributed by atoms with Crippen LogP contribution in [0.5, 0.6) is 11.5 Å². The van der Waals surface area contributed by atoms with Gasteiger partial charge in [0.05, 0.1) is 21.7 Å². The molecule has 0 fully saturated rings. The molecule has 0 spiro atoms. The van der Waals surface area contributed by atoms with E-state index in [0.717, 1.165) is 0 Å². The first-order chi connectivity index (χ1) is 8.60. The van der Waals surface area contributed by atoms with Gasteiger partial charge >= 0.3 is 0 Å². The van der Waals surface area contributed by atoms with Crippen molar-refractivity contribution in [1.29, 1.82) is 5.26 Å². The van der Waals surface area contributed by atoms with Crippen LogP contribution in [0, 0.1) is 11.3 Å². The van der Waals surface area contributed by atoms with Crippen LogP contribution in [-0.4, -0.2) is 0 Å². The van der Waals surface area contributed by atoms with E-state index in [0.29, 0.717) is 31.6 Å². The molecule has 0 unspecified atom stereocenters. The zero-order valence-corrected chi connectivity index (χ0v) is 12.1. The van der Waals surface area contributed by atoms with Crippen molar-refractivity contribution in [3.8, 4) is 17.6 Å². The fraction of sp³-hybridized carbons (Fsp3) is 0. The SMILES string of the molecule is N#Cc1ccc(Oc2cc(Cl)c(Br)cc2Cl)cc1. The lowest BCUT2D eigenvalue weighted by Crippen LogP contribution is -1.86. The Balaban J connectivity index is 2.28. The molecule has 0 aliphatic rings. The average molecular weight is 343 g/mol. The van der Waals surface area contributed by atoms with Crippen molar-refractivity contribution in [2.75, 3.05) is 0 Å². The molecule has 0 heterocycles. The molecule has 0 aromatic heterocycles. The molecule has 0 aliphatic carbocycles. The van der Waals surface area contributed by atoms with Gasteiger partial charge in [-0.2, -0.15) is 5.26 Å². The minimum absolute atomic E-state index is 0.454. The van der Waals surface area contributed by atoms with Crippen LogP contribution in [-0.2, 0) is 0 Å². The summed E-state index contributed by atoms with van der Waals surface area (Å²) in [6.07, 6.45) is 0. The Hall–Kier alpha value is -1.21. The van der Waals surface area contributed by atoms with Crippen LogP contribution in [0.15, 0.2) is 40.9 Å². The molecule has 0 amide bonds. The van der Waals surface area contributed by atoms with Crippen LogP contribution in [0.25, 0.3) is 0 Å². The summed E-state index contributed by atoms with van der Waals surface area (Å²) in [6.45, 7) is 0. The van der Waals surface area contributed by atoms with E-state index in [2.05, 4.69) is 15.9 Å². The highest BCUT2D eigenvalue weighted by atomic mass is 79.9. The third kappa shape index (κ3) is 2.97. The number of hydrogen-bond donors (Lipinski definition) is 0. The first-order valence-corrected chi connectivity index (χ1v) is 6.47. The Morgan fingerprint density at radius 2 is 1.72 bits per heavy atom. The van der Waals surface area contributed by atoms with Gasteiger partial charge in [0.25, 0.3) is 0 Å². The number of rotatable bonds is 2. The Morgan fingerprint density at radius 3 is 2.33 bits per heavy atom. The van der Waals surface area contributed by atoms with E-state index in [1.54, 1.807) is 36.4 Å². The number of hydrogen-bond acceptors (Lipinski definition) is 2. The molecule has 0 saturated heterocycles. The zero-order chi connectivity index (χ0) is 13.1. The summed E-state index contributed by atoms with van der Waals surface area (Å²) in [5, 5.41) is 9.67. The molecule has 0 saturated carbocycles. The van der Waals surface area contributed by atoms with Crippen LogP contribution in [0.4, 0.5) is 0 Å². The second-order valence-corrected chi connectivity index (χ2v) is 5.10. The molecular weight excluding hydrogens is 337 g/mol. The highest BCUT2D eigenvalue weighted by Gasteiger charge is 2.07. The van der Waals surface area contributed by atoms with Crippen molar-refractivity contribution in [3.63, 3.8) is 0 Å². The van der Waals surface area contributed by atoms with Crippen LogP contribution in [0.2, 0.25) is 10.0 Å². The molecule has 0 aliphatic heterocycles. The maximum absolute atomic E-state index is 8.69. The topological polar surface area (TPSA) is 33.0 Å². The second kappa shape index (κ2) is 5.62. The molecular formula is C13H6BrCl2NO. The lowest BCUT2D eigenvalue weighted by molar-refractivity contribution is 0.483. The summed E-state index contributed by atoms with van der Waals surface area (Å²) >= 11 is 15.3. The minimum Gasteiger partial charge on any atom is -0.456 e. The van der Waals surface area contributed by atoms with Crippen molar-refractivity contribution in [3.05, 3.63) is 56.5 Å². The van der Waals surface area contributed by atoms with Gasteiger partial charge in [-0.1, -0.05) is 23.2 Å². The molecule has 90 valence electrons. The quantitative estimate of drug-likeness (QED) is 0.682. The zero-order valence-electron chi connectivity index (χ0n) is 8.95. The third-order valence-electron chi connectivity index (χ3n) is 2.19. The monoisotopic (exact) mass is 341 g/mol. The maximum Gasteiger partial charge on any atom is 0.147 e. The second-order valence-electron chi connectivity index (χ2n) is 3.43. The Labute approximate surface area is 123 Å². The van der Waals surface area contributed by atoms with Crippen molar-refractivity contribution in [1.82, 2.24) is 0 Å². The van der Waals surface area contributed by atoms with Gasteiger partial charge in [-0.3, -0.25) is 0 Å². The molecule has 5 heteroatoms. The van der Waals surface area contributed by atoms with Gasteiger partial charge in [0, 0.05) is 10.5 Å². The summed E-state index contributed by atoms with van der Waals surface area (Å²) in [4.78, 5) is 0. The number of halogens is 3. The number of nitrogens with zero attached hydrogens (tertiary/aromatic N) is 1. The number of nitriles is 1. The van der Waals surface area contributed by atoms with Gasteiger partial charge in [0.1, 0.15) is 11.5 Å². The Bertz CT molecular complexity index is 620. The first-order valence-electron chi connectivity index (χ1n) is 4.92. The van der Waals surface area contributed by atoms with E-state index >= 15 is 0 Å². The Kier molecular flexibility index (Phi) is 4.13. The standard InChI is InChI=1S/C13H6BrCl2NO/c14-10-5-12(16)13(6-11(10)15)18-9-3-1-8(7-17)2-4-9/h1-6H. The van der Waals surface area contributed by atoms with E-state index in [9.17, 15) is 0 Å². The van der Waals surface area contributed by atoms with Gasteiger partial charge in [0.15, 0.2) is 0 Å². The van der Waals surface area contributed by atoms with Crippen LogP contribution in [0.1, 0.15) is 5.56 Å². The van der Waals surface area contributed by atoms with Crippen LogP contribution >= 0.6 is 39.1 Å². The summed E-state index contributed by atoms with van der Waals surface area (Å²) in [5.74, 6) is 1.06. The van der Waals surface area contributed by atoms with E-state index in [-0.39, 0.29) is 0 Å². The van der Waals surface area contributed by atoms with Gasteiger partial charge in [0.2, 0.25) is 0 Å². The summed E-state index contributed by atoms with van der Waals surface area (Å²) in [5.41, 5.74) is 0.572. The largest absolute Gasteiger partial charge is 0.456 e. The normalized spacial score (nSPS) is 9.89. The summed E-state index contributed by atoms with van der Waals surface area (Å²) in [7, 11) is 0. The van der Waals surface area contributed by atoms with Gasteiger partial charge < -0.3 is 4.74 Å². The van der Waals surface area contributed by atoms with Gasteiger partial charge in [-0.25, -0.2) is 0 Å². The van der Waals surface area contributed by atoms with Crippen molar-refractivity contribution < 1.29 is 4.74 Å². The highest BCUT2D eigenvalue weighted by Crippen LogP contribution is 2.36. The third-order valence-corrected chi connectivity index (χ3v) is 3.68. The fourth-order valence-electron chi connectivity index (χ4n) is 1.31. The molecule has 0 bridgehead atoms. The number of benzene rings is 2. The van der Waals surface area contributed by atoms with E-state index < -0.39 is 0 Å². The predicted molar refractivity (Wildman–Crippen MR) is 75.4 cm³/mol. The van der Waals surface area contributed by atoms with Crippen molar-refractivity contribution >= 4 is 39.1 Å². The molecule has 2 aromatic carbocycles.